The highest BCUT2D eigenvalue weighted by atomic mass is 32.2. The summed E-state index contributed by atoms with van der Waals surface area (Å²) in [6, 6.07) is 7.90. The van der Waals surface area contributed by atoms with Crippen LogP contribution in [0.25, 0.3) is 0 Å². The van der Waals surface area contributed by atoms with Crippen molar-refractivity contribution in [1.29, 1.82) is 5.26 Å². The van der Waals surface area contributed by atoms with Gasteiger partial charge >= 0.3 is 0 Å². The second kappa shape index (κ2) is 9.03. The van der Waals surface area contributed by atoms with Crippen LogP contribution < -0.4 is 5.32 Å². The first-order valence-electron chi connectivity index (χ1n) is 9.48. The molecular formula is C20H30N4O3S. The normalized spacial score (nSPS) is 16.7. The number of nitriles is 1. The van der Waals surface area contributed by atoms with Crippen LogP contribution in [0.5, 0.6) is 0 Å². The number of amides is 1. The molecule has 8 heteroatoms. The first kappa shape index (κ1) is 22.3. The molecule has 0 radical (unpaired) electrons. The van der Waals surface area contributed by atoms with Crippen LogP contribution in [0, 0.1) is 22.7 Å². The summed E-state index contributed by atoms with van der Waals surface area (Å²) in [6.45, 7) is 6.32. The lowest BCUT2D eigenvalue weighted by molar-refractivity contribution is -0.126. The molecule has 1 heterocycles. The zero-order valence-electron chi connectivity index (χ0n) is 17.1. The third-order valence-corrected chi connectivity index (χ3v) is 6.84. The minimum absolute atomic E-state index is 0.00209. The molecule has 0 spiro atoms. The number of sulfonamides is 1. The van der Waals surface area contributed by atoms with Gasteiger partial charge in [0.25, 0.3) is 0 Å². The van der Waals surface area contributed by atoms with E-state index in [1.807, 2.05) is 20.2 Å². The van der Waals surface area contributed by atoms with Gasteiger partial charge in [-0.15, -0.1) is 0 Å². The van der Waals surface area contributed by atoms with Crippen molar-refractivity contribution in [3.63, 3.8) is 0 Å². The lowest BCUT2D eigenvalue weighted by Crippen LogP contribution is -2.45. The first-order valence-corrected chi connectivity index (χ1v) is 10.9. The summed E-state index contributed by atoms with van der Waals surface area (Å²) in [4.78, 5) is 14.8. The van der Waals surface area contributed by atoms with E-state index in [0.717, 1.165) is 6.54 Å². The Morgan fingerprint density at radius 2 is 1.82 bits per heavy atom. The Bertz CT molecular complexity index is 818. The van der Waals surface area contributed by atoms with Gasteiger partial charge in [-0.1, -0.05) is 13.8 Å². The van der Waals surface area contributed by atoms with E-state index in [4.69, 9.17) is 5.26 Å². The van der Waals surface area contributed by atoms with Gasteiger partial charge < -0.3 is 10.2 Å². The van der Waals surface area contributed by atoms with Crippen molar-refractivity contribution in [1.82, 2.24) is 14.5 Å². The Kier molecular flexibility index (Phi) is 7.21. The highest BCUT2D eigenvalue weighted by molar-refractivity contribution is 7.89. The zero-order chi connectivity index (χ0) is 20.9. The molecule has 0 aromatic heterocycles. The monoisotopic (exact) mass is 406 g/mol. The topological polar surface area (TPSA) is 93.5 Å². The van der Waals surface area contributed by atoms with Crippen molar-refractivity contribution in [3.05, 3.63) is 29.8 Å². The molecule has 1 aromatic carbocycles. The highest BCUT2D eigenvalue weighted by Gasteiger charge is 2.32. The lowest BCUT2D eigenvalue weighted by atomic mass is 9.91. The molecule has 0 atom stereocenters. The van der Waals surface area contributed by atoms with E-state index in [9.17, 15) is 13.2 Å². The molecule has 7 nitrogen and oxygen atoms in total. The fourth-order valence-corrected chi connectivity index (χ4v) is 5.06. The number of benzene rings is 1. The van der Waals surface area contributed by atoms with Crippen LogP contribution in [0.15, 0.2) is 29.2 Å². The van der Waals surface area contributed by atoms with Gasteiger partial charge in [0.15, 0.2) is 0 Å². The Morgan fingerprint density at radius 1 is 1.25 bits per heavy atom. The number of carbonyl (C=O) groups excluding carboxylic acids is 1. The summed E-state index contributed by atoms with van der Waals surface area (Å²) in [7, 11) is 0.417. The zero-order valence-corrected chi connectivity index (χ0v) is 17.9. The van der Waals surface area contributed by atoms with Gasteiger partial charge in [0.2, 0.25) is 15.9 Å². The minimum Gasteiger partial charge on any atom is -0.355 e. The van der Waals surface area contributed by atoms with Gasteiger partial charge in [-0.25, -0.2) is 8.42 Å². The molecule has 0 unspecified atom stereocenters. The summed E-state index contributed by atoms with van der Waals surface area (Å²) in [5.41, 5.74) is 0.394. The van der Waals surface area contributed by atoms with E-state index >= 15 is 0 Å². The molecule has 1 aliphatic heterocycles. The second-order valence-corrected chi connectivity index (χ2v) is 10.4. The molecule has 1 amide bonds. The molecule has 0 bridgehead atoms. The fraction of sp³-hybridized carbons (Fsp3) is 0.600. The molecule has 1 N–H and O–H groups in total. The van der Waals surface area contributed by atoms with Crippen molar-refractivity contribution >= 4 is 15.9 Å². The Morgan fingerprint density at radius 3 is 2.32 bits per heavy atom. The van der Waals surface area contributed by atoms with E-state index in [1.165, 1.54) is 28.6 Å². The first-order chi connectivity index (χ1) is 13.0. The number of piperidine rings is 1. The van der Waals surface area contributed by atoms with Crippen molar-refractivity contribution < 1.29 is 13.2 Å². The minimum atomic E-state index is -3.60. The third kappa shape index (κ3) is 5.77. The van der Waals surface area contributed by atoms with Crippen molar-refractivity contribution in [2.75, 3.05) is 40.3 Å². The largest absolute Gasteiger partial charge is 0.355 e. The highest BCUT2D eigenvalue weighted by Crippen LogP contribution is 2.24. The maximum absolute atomic E-state index is 12.8. The average Bonchev–Trinajstić information content (AvgIpc) is 2.65. The number of hydrogen-bond donors (Lipinski definition) is 1. The van der Waals surface area contributed by atoms with Crippen LogP contribution in [0.2, 0.25) is 0 Å². The van der Waals surface area contributed by atoms with E-state index in [2.05, 4.69) is 24.1 Å². The van der Waals surface area contributed by atoms with E-state index in [0.29, 0.717) is 38.0 Å². The number of nitrogens with zero attached hydrogens (tertiary/aromatic N) is 3. The van der Waals surface area contributed by atoms with Crippen LogP contribution in [-0.4, -0.2) is 63.8 Å². The average molecular weight is 407 g/mol. The van der Waals surface area contributed by atoms with Gasteiger partial charge in [-0.3, -0.25) is 4.79 Å². The molecule has 28 heavy (non-hydrogen) atoms. The second-order valence-electron chi connectivity index (χ2n) is 8.43. The number of hydrogen-bond acceptors (Lipinski definition) is 5. The number of rotatable bonds is 7. The summed E-state index contributed by atoms with van der Waals surface area (Å²) >= 11 is 0. The molecule has 1 aromatic rings. The molecule has 0 saturated carbocycles. The van der Waals surface area contributed by atoms with Crippen LogP contribution in [0.4, 0.5) is 0 Å². The quantitative estimate of drug-likeness (QED) is 0.743. The predicted octanol–water partition coefficient (Wildman–Crippen LogP) is 1.66. The van der Waals surface area contributed by atoms with E-state index < -0.39 is 10.0 Å². The van der Waals surface area contributed by atoms with Gasteiger partial charge in [0, 0.05) is 32.1 Å². The maximum Gasteiger partial charge on any atom is 0.243 e. The summed E-state index contributed by atoms with van der Waals surface area (Å²) in [6.07, 6.45) is 1.02. The number of nitrogens with one attached hydrogen (secondary N) is 1. The summed E-state index contributed by atoms with van der Waals surface area (Å²) in [5, 5.41) is 11.9. The van der Waals surface area contributed by atoms with Crippen LogP contribution >= 0.6 is 0 Å². The Hall–Kier alpha value is -1.95. The van der Waals surface area contributed by atoms with Crippen molar-refractivity contribution in [3.8, 4) is 6.07 Å². The Balaban J connectivity index is 1.91. The smallest absolute Gasteiger partial charge is 0.243 e. The van der Waals surface area contributed by atoms with Crippen molar-refractivity contribution in [2.45, 2.75) is 31.6 Å². The number of carbonyl (C=O) groups is 1. The van der Waals surface area contributed by atoms with Crippen LogP contribution in [0.3, 0.4) is 0 Å². The maximum atomic E-state index is 12.8. The molecule has 154 valence electrons. The summed E-state index contributed by atoms with van der Waals surface area (Å²) in [5.74, 6) is -0.162. The third-order valence-electron chi connectivity index (χ3n) is 4.93. The standard InChI is InChI=1S/C20H30N4O3S/c1-20(2,15-23(3)4)14-22-19(25)17-9-11-24(12-10-17)28(26,27)18-7-5-16(13-21)6-8-18/h5-8,17H,9-12,14-15H2,1-4H3,(H,22,25). The molecule has 1 fully saturated rings. The van der Waals surface area contributed by atoms with Gasteiger partial charge in [0.05, 0.1) is 16.5 Å². The fourth-order valence-electron chi connectivity index (χ4n) is 3.59. The molecule has 1 saturated heterocycles. The summed E-state index contributed by atoms with van der Waals surface area (Å²) < 4.78 is 26.9. The van der Waals surface area contributed by atoms with Gasteiger partial charge in [-0.2, -0.15) is 9.57 Å². The van der Waals surface area contributed by atoms with E-state index in [-0.39, 0.29) is 22.1 Å². The molecule has 1 aliphatic rings. The SMILES string of the molecule is CN(C)CC(C)(C)CNC(=O)C1CCN(S(=O)(=O)c2ccc(C#N)cc2)CC1. The van der Waals surface area contributed by atoms with Gasteiger partial charge in [0.1, 0.15) is 0 Å². The molecule has 0 aliphatic carbocycles. The Labute approximate surface area is 168 Å². The van der Waals surface area contributed by atoms with Crippen LogP contribution in [0.1, 0.15) is 32.3 Å². The molecular weight excluding hydrogens is 376 g/mol. The van der Waals surface area contributed by atoms with E-state index in [1.54, 1.807) is 0 Å². The lowest BCUT2D eigenvalue weighted by Gasteiger charge is -2.32. The van der Waals surface area contributed by atoms with Crippen molar-refractivity contribution in [2.24, 2.45) is 11.3 Å². The predicted molar refractivity (Wildman–Crippen MR) is 108 cm³/mol. The van der Waals surface area contributed by atoms with Gasteiger partial charge in [-0.05, 0) is 56.6 Å². The van der Waals surface area contributed by atoms with Crippen LogP contribution in [-0.2, 0) is 14.8 Å². The molecule has 2 rings (SSSR count).